The third-order valence-electron chi connectivity index (χ3n) is 2.59. The molecule has 1 aromatic carbocycles. The molecule has 1 heterocycles. The van der Waals surface area contributed by atoms with Gasteiger partial charge in [-0.1, -0.05) is 36.4 Å². The van der Waals surface area contributed by atoms with E-state index in [0.29, 0.717) is 6.42 Å². The summed E-state index contributed by atoms with van der Waals surface area (Å²) >= 11 is 1.56. The summed E-state index contributed by atoms with van der Waals surface area (Å²) in [6.45, 7) is 0.244. The molecule has 0 fully saturated rings. The van der Waals surface area contributed by atoms with Crippen LogP contribution in [-0.4, -0.2) is 17.6 Å². The van der Waals surface area contributed by atoms with E-state index in [1.807, 2.05) is 47.8 Å². The Labute approximate surface area is 110 Å². The lowest BCUT2D eigenvalue weighted by Crippen LogP contribution is -2.29. The number of carbonyl (C=O) groups is 1. The maximum Gasteiger partial charge on any atom is 0.225 e. The van der Waals surface area contributed by atoms with Gasteiger partial charge in [-0.15, -0.1) is 11.3 Å². The molecule has 1 atom stereocenters. The highest BCUT2D eigenvalue weighted by Gasteiger charge is 2.09. The van der Waals surface area contributed by atoms with Gasteiger partial charge in [-0.2, -0.15) is 0 Å². The number of aliphatic hydroxyl groups is 1. The van der Waals surface area contributed by atoms with Crippen LogP contribution in [0.4, 0.5) is 0 Å². The fourth-order valence-electron chi connectivity index (χ4n) is 1.64. The number of benzene rings is 1. The minimum absolute atomic E-state index is 0.0626. The van der Waals surface area contributed by atoms with Gasteiger partial charge < -0.3 is 10.4 Å². The first-order valence-electron chi connectivity index (χ1n) is 5.78. The summed E-state index contributed by atoms with van der Waals surface area (Å²) in [5.41, 5.74) is 0.814. The second-order valence-electron chi connectivity index (χ2n) is 3.99. The van der Waals surface area contributed by atoms with Gasteiger partial charge >= 0.3 is 0 Å². The molecule has 0 radical (unpaired) electrons. The fourth-order valence-corrected chi connectivity index (χ4v) is 2.34. The summed E-state index contributed by atoms with van der Waals surface area (Å²) in [4.78, 5) is 12.7. The molecule has 3 nitrogen and oxygen atoms in total. The first-order chi connectivity index (χ1) is 8.75. The van der Waals surface area contributed by atoms with Crippen LogP contribution in [0.3, 0.4) is 0 Å². The molecule has 1 amide bonds. The summed E-state index contributed by atoms with van der Waals surface area (Å²) in [7, 11) is 0. The second kappa shape index (κ2) is 6.33. The lowest BCUT2D eigenvalue weighted by molar-refractivity contribution is -0.120. The van der Waals surface area contributed by atoms with E-state index in [2.05, 4.69) is 5.32 Å². The van der Waals surface area contributed by atoms with Crippen molar-refractivity contribution in [3.8, 4) is 0 Å². The summed E-state index contributed by atoms with van der Waals surface area (Å²) < 4.78 is 0. The first-order valence-corrected chi connectivity index (χ1v) is 6.66. The molecule has 4 heteroatoms. The van der Waals surface area contributed by atoms with Gasteiger partial charge in [0.1, 0.15) is 0 Å². The highest BCUT2D eigenvalue weighted by atomic mass is 32.1. The molecule has 2 rings (SSSR count). The summed E-state index contributed by atoms with van der Waals surface area (Å²) in [6, 6.07) is 13.2. The predicted molar refractivity (Wildman–Crippen MR) is 72.4 cm³/mol. The van der Waals surface area contributed by atoms with E-state index in [1.165, 1.54) is 0 Å². The first kappa shape index (κ1) is 12.8. The third kappa shape index (κ3) is 3.68. The molecular formula is C14H15NO2S. The molecule has 0 aliphatic carbocycles. The van der Waals surface area contributed by atoms with E-state index in [-0.39, 0.29) is 12.5 Å². The Kier molecular flexibility index (Phi) is 4.50. The monoisotopic (exact) mass is 261 g/mol. The van der Waals surface area contributed by atoms with Gasteiger partial charge in [-0.05, 0) is 17.0 Å². The lowest BCUT2D eigenvalue weighted by atomic mass is 10.1. The van der Waals surface area contributed by atoms with E-state index in [1.54, 1.807) is 11.3 Å². The van der Waals surface area contributed by atoms with E-state index < -0.39 is 6.10 Å². The van der Waals surface area contributed by atoms with Crippen LogP contribution in [-0.2, 0) is 11.2 Å². The molecule has 0 aliphatic rings. The number of hydrogen-bond acceptors (Lipinski definition) is 3. The minimum atomic E-state index is -0.654. The average molecular weight is 261 g/mol. The number of nitrogens with one attached hydrogen (secondary N) is 1. The van der Waals surface area contributed by atoms with Crippen molar-refractivity contribution >= 4 is 17.2 Å². The van der Waals surface area contributed by atoms with Gasteiger partial charge in [0, 0.05) is 11.4 Å². The molecule has 2 N–H and O–H groups in total. The second-order valence-corrected chi connectivity index (χ2v) is 5.02. The van der Waals surface area contributed by atoms with Crippen molar-refractivity contribution in [1.29, 1.82) is 0 Å². The van der Waals surface area contributed by atoms with Crippen LogP contribution in [0.25, 0.3) is 0 Å². The Balaban J connectivity index is 1.79. The normalized spacial score (nSPS) is 12.1. The van der Waals surface area contributed by atoms with Crippen molar-refractivity contribution in [2.45, 2.75) is 12.5 Å². The number of rotatable bonds is 5. The molecule has 1 unspecified atom stereocenters. The SMILES string of the molecule is O=C(Cc1cccs1)NCC(O)c1ccccc1. The van der Waals surface area contributed by atoms with E-state index in [4.69, 9.17) is 0 Å². The molecule has 0 saturated carbocycles. The topological polar surface area (TPSA) is 49.3 Å². The molecular weight excluding hydrogens is 246 g/mol. The third-order valence-corrected chi connectivity index (χ3v) is 3.47. The van der Waals surface area contributed by atoms with Crippen LogP contribution in [0.15, 0.2) is 47.8 Å². The maximum absolute atomic E-state index is 11.6. The van der Waals surface area contributed by atoms with Crippen LogP contribution in [0.1, 0.15) is 16.5 Å². The van der Waals surface area contributed by atoms with Crippen LogP contribution >= 0.6 is 11.3 Å². The van der Waals surface area contributed by atoms with Crippen molar-refractivity contribution in [2.24, 2.45) is 0 Å². The Hall–Kier alpha value is -1.65. The zero-order valence-electron chi connectivity index (χ0n) is 9.87. The number of aliphatic hydroxyl groups excluding tert-OH is 1. The predicted octanol–water partition coefficient (Wildman–Crippen LogP) is 2.14. The van der Waals surface area contributed by atoms with E-state index >= 15 is 0 Å². The van der Waals surface area contributed by atoms with Crippen molar-refractivity contribution < 1.29 is 9.90 Å². The average Bonchev–Trinajstić information content (AvgIpc) is 2.90. The largest absolute Gasteiger partial charge is 0.387 e. The molecule has 0 spiro atoms. The van der Waals surface area contributed by atoms with Crippen molar-refractivity contribution in [1.82, 2.24) is 5.32 Å². The van der Waals surface area contributed by atoms with Crippen LogP contribution in [0.5, 0.6) is 0 Å². The van der Waals surface area contributed by atoms with Gasteiger partial charge in [-0.25, -0.2) is 0 Å². The zero-order valence-corrected chi connectivity index (χ0v) is 10.7. The molecule has 18 heavy (non-hydrogen) atoms. The number of carbonyl (C=O) groups excluding carboxylic acids is 1. The van der Waals surface area contributed by atoms with E-state index in [9.17, 15) is 9.90 Å². The van der Waals surface area contributed by atoms with Crippen molar-refractivity contribution in [3.63, 3.8) is 0 Å². The number of hydrogen-bond donors (Lipinski definition) is 2. The summed E-state index contributed by atoms with van der Waals surface area (Å²) in [5, 5.41) is 14.6. The van der Waals surface area contributed by atoms with Crippen LogP contribution in [0.2, 0.25) is 0 Å². The number of thiophene rings is 1. The van der Waals surface area contributed by atoms with Crippen LogP contribution < -0.4 is 5.32 Å². The van der Waals surface area contributed by atoms with Gasteiger partial charge in [0.25, 0.3) is 0 Å². The highest BCUT2D eigenvalue weighted by molar-refractivity contribution is 7.10. The Bertz CT molecular complexity index is 482. The zero-order chi connectivity index (χ0) is 12.8. The standard InChI is InChI=1S/C14H15NO2S/c16-13(11-5-2-1-3-6-11)10-15-14(17)9-12-7-4-8-18-12/h1-8,13,16H,9-10H2,(H,15,17). The summed E-state index contributed by atoms with van der Waals surface area (Å²) in [5.74, 6) is -0.0626. The number of amides is 1. The van der Waals surface area contributed by atoms with Gasteiger partial charge in [0.05, 0.1) is 12.5 Å². The van der Waals surface area contributed by atoms with E-state index in [0.717, 1.165) is 10.4 Å². The quantitative estimate of drug-likeness (QED) is 0.866. The maximum atomic E-state index is 11.6. The molecule has 0 aliphatic heterocycles. The Morgan fingerprint density at radius 2 is 2.00 bits per heavy atom. The molecule has 94 valence electrons. The summed E-state index contributed by atoms with van der Waals surface area (Å²) in [6.07, 6.45) is -0.280. The molecule has 0 bridgehead atoms. The van der Waals surface area contributed by atoms with Crippen LogP contribution in [0, 0.1) is 0 Å². The van der Waals surface area contributed by atoms with Gasteiger partial charge in [-0.3, -0.25) is 4.79 Å². The molecule has 0 saturated heterocycles. The highest BCUT2D eigenvalue weighted by Crippen LogP contribution is 2.11. The minimum Gasteiger partial charge on any atom is -0.387 e. The fraction of sp³-hybridized carbons (Fsp3) is 0.214. The van der Waals surface area contributed by atoms with Crippen molar-refractivity contribution in [3.05, 3.63) is 58.3 Å². The Morgan fingerprint density at radius 3 is 2.67 bits per heavy atom. The van der Waals surface area contributed by atoms with Crippen molar-refractivity contribution in [2.75, 3.05) is 6.54 Å². The van der Waals surface area contributed by atoms with Gasteiger partial charge in [0.2, 0.25) is 5.91 Å². The molecule has 2 aromatic rings. The lowest BCUT2D eigenvalue weighted by Gasteiger charge is -2.11. The van der Waals surface area contributed by atoms with Gasteiger partial charge in [0.15, 0.2) is 0 Å². The smallest absolute Gasteiger partial charge is 0.225 e. The Morgan fingerprint density at radius 1 is 1.22 bits per heavy atom. The molecule has 1 aromatic heterocycles.